The highest BCUT2D eigenvalue weighted by molar-refractivity contribution is 5.88. The van der Waals surface area contributed by atoms with Gasteiger partial charge in [0, 0.05) is 7.05 Å². The minimum atomic E-state index is -1.04. The van der Waals surface area contributed by atoms with Gasteiger partial charge in [0.25, 0.3) is 0 Å². The number of aromatic carboxylic acids is 1. The summed E-state index contributed by atoms with van der Waals surface area (Å²) >= 11 is 0. The Morgan fingerprint density at radius 3 is 2.54 bits per heavy atom. The van der Waals surface area contributed by atoms with Crippen LogP contribution in [0, 0.1) is 13.8 Å². The highest BCUT2D eigenvalue weighted by Gasteiger charge is 2.17. The van der Waals surface area contributed by atoms with Gasteiger partial charge >= 0.3 is 5.97 Å². The lowest BCUT2D eigenvalue weighted by atomic mass is 10.1. The quantitative estimate of drug-likeness (QED) is 0.880. The Morgan fingerprint density at radius 2 is 1.96 bits per heavy atom. The zero-order valence-electron chi connectivity index (χ0n) is 14.3. The largest absolute Gasteiger partial charge is 0.496 e. The van der Waals surface area contributed by atoms with Crippen molar-refractivity contribution in [2.24, 2.45) is 0 Å². The predicted octanol–water partition coefficient (Wildman–Crippen LogP) is 2.80. The number of hydrogen-bond acceptors (Lipinski definition) is 4. The first-order valence-corrected chi connectivity index (χ1v) is 7.52. The molecule has 6 heteroatoms. The minimum absolute atomic E-state index is 0.0909. The number of benzene rings is 1. The van der Waals surface area contributed by atoms with Crippen molar-refractivity contribution in [3.05, 3.63) is 52.5 Å². The summed E-state index contributed by atoms with van der Waals surface area (Å²) < 4.78 is 10.7. The van der Waals surface area contributed by atoms with Gasteiger partial charge in [-0.3, -0.25) is 4.79 Å². The molecule has 0 atom stereocenters. The number of nitrogens with zero attached hydrogens (tertiary/aromatic N) is 1. The van der Waals surface area contributed by atoms with Crippen molar-refractivity contribution in [2.45, 2.75) is 26.8 Å². The number of furan rings is 1. The maximum atomic E-state index is 12.4. The molecule has 1 aromatic heterocycles. The van der Waals surface area contributed by atoms with Crippen LogP contribution in [0.5, 0.6) is 5.75 Å². The third-order valence-corrected chi connectivity index (χ3v) is 3.85. The average molecular weight is 331 g/mol. The molecule has 0 unspecified atom stereocenters. The number of hydrogen-bond donors (Lipinski definition) is 1. The van der Waals surface area contributed by atoms with Crippen LogP contribution in [-0.2, 0) is 17.8 Å². The molecule has 0 bridgehead atoms. The molecule has 0 radical (unpaired) electrons. The Morgan fingerprint density at radius 1 is 1.25 bits per heavy atom. The monoisotopic (exact) mass is 331 g/mol. The summed E-state index contributed by atoms with van der Waals surface area (Å²) in [6, 6.07) is 7.11. The number of methoxy groups -OCH3 is 1. The molecule has 6 nitrogen and oxygen atoms in total. The second kappa shape index (κ2) is 7.21. The zero-order chi connectivity index (χ0) is 17.9. The summed E-state index contributed by atoms with van der Waals surface area (Å²) in [5.74, 6) is 0.398. The van der Waals surface area contributed by atoms with Gasteiger partial charge in [-0.05, 0) is 37.1 Å². The third kappa shape index (κ3) is 3.95. The summed E-state index contributed by atoms with van der Waals surface area (Å²) in [6.45, 7) is 3.75. The summed E-state index contributed by atoms with van der Waals surface area (Å²) in [6.07, 6.45) is 0.235. The molecule has 0 saturated heterocycles. The molecule has 128 valence electrons. The van der Waals surface area contributed by atoms with Crippen molar-refractivity contribution in [1.82, 2.24) is 4.90 Å². The fourth-order valence-electron chi connectivity index (χ4n) is 2.44. The van der Waals surface area contributed by atoms with E-state index in [4.69, 9.17) is 14.3 Å². The van der Waals surface area contributed by atoms with Crippen LogP contribution in [0.2, 0.25) is 0 Å². The van der Waals surface area contributed by atoms with Crippen molar-refractivity contribution in [2.75, 3.05) is 14.2 Å². The molecule has 1 aromatic carbocycles. The maximum Gasteiger partial charge on any atom is 0.339 e. The topological polar surface area (TPSA) is 80.0 Å². The minimum Gasteiger partial charge on any atom is -0.496 e. The van der Waals surface area contributed by atoms with E-state index in [9.17, 15) is 9.59 Å². The van der Waals surface area contributed by atoms with Crippen LogP contribution in [0.1, 0.15) is 33.0 Å². The lowest BCUT2D eigenvalue weighted by Gasteiger charge is -2.16. The van der Waals surface area contributed by atoms with Crippen molar-refractivity contribution >= 4 is 11.9 Å². The molecule has 1 N–H and O–H groups in total. The van der Waals surface area contributed by atoms with Crippen molar-refractivity contribution in [3.8, 4) is 5.75 Å². The van der Waals surface area contributed by atoms with E-state index in [1.807, 2.05) is 25.1 Å². The Hall–Kier alpha value is -2.76. The van der Waals surface area contributed by atoms with Crippen LogP contribution in [0.25, 0.3) is 0 Å². The molecule has 0 saturated carbocycles. The highest BCUT2D eigenvalue weighted by atomic mass is 16.5. The molecule has 1 amide bonds. The summed E-state index contributed by atoms with van der Waals surface area (Å²) in [7, 11) is 3.26. The van der Waals surface area contributed by atoms with Gasteiger partial charge in [-0.25, -0.2) is 4.79 Å². The van der Waals surface area contributed by atoms with Crippen LogP contribution < -0.4 is 4.74 Å². The molecular weight excluding hydrogens is 310 g/mol. The Labute approximate surface area is 140 Å². The standard InChI is InChI=1S/C18H21NO5/c1-11-5-6-13(7-16(11)23-4)8-17(20)19(3)10-14-9-15(18(21)22)12(2)24-14/h5-7,9H,8,10H2,1-4H3,(H,21,22). The first-order valence-electron chi connectivity index (χ1n) is 7.52. The number of carboxylic acid groups (broad SMARTS) is 1. The van der Waals surface area contributed by atoms with Gasteiger partial charge in [-0.15, -0.1) is 0 Å². The second-order valence-corrected chi connectivity index (χ2v) is 5.72. The Balaban J connectivity index is 2.04. The SMILES string of the molecule is COc1cc(CC(=O)N(C)Cc2cc(C(=O)O)c(C)o2)ccc1C. The van der Waals surface area contributed by atoms with Crippen LogP contribution in [0.15, 0.2) is 28.7 Å². The lowest BCUT2D eigenvalue weighted by molar-refractivity contribution is -0.129. The van der Waals surface area contributed by atoms with E-state index in [2.05, 4.69) is 0 Å². The van der Waals surface area contributed by atoms with E-state index in [1.165, 1.54) is 11.0 Å². The van der Waals surface area contributed by atoms with Crippen LogP contribution in [0.3, 0.4) is 0 Å². The number of carbonyl (C=O) groups excluding carboxylic acids is 1. The first kappa shape index (κ1) is 17.6. The third-order valence-electron chi connectivity index (χ3n) is 3.85. The normalized spacial score (nSPS) is 10.5. The van der Waals surface area contributed by atoms with Gasteiger partial charge in [-0.1, -0.05) is 12.1 Å². The van der Waals surface area contributed by atoms with Crippen molar-refractivity contribution < 1.29 is 23.8 Å². The van der Waals surface area contributed by atoms with E-state index in [0.717, 1.165) is 16.9 Å². The van der Waals surface area contributed by atoms with Gasteiger partial charge in [-0.2, -0.15) is 0 Å². The lowest BCUT2D eigenvalue weighted by Crippen LogP contribution is -2.27. The molecule has 0 aliphatic heterocycles. The van der Waals surface area contributed by atoms with Crippen LogP contribution in [-0.4, -0.2) is 36.0 Å². The van der Waals surface area contributed by atoms with Gasteiger partial charge < -0.3 is 19.2 Å². The number of rotatable bonds is 6. The first-order chi connectivity index (χ1) is 11.3. The molecule has 1 heterocycles. The van der Waals surface area contributed by atoms with E-state index < -0.39 is 5.97 Å². The molecule has 0 aliphatic rings. The smallest absolute Gasteiger partial charge is 0.339 e. The zero-order valence-corrected chi connectivity index (χ0v) is 14.3. The Bertz CT molecular complexity index is 763. The molecule has 0 spiro atoms. The van der Waals surface area contributed by atoms with Crippen LogP contribution >= 0.6 is 0 Å². The van der Waals surface area contributed by atoms with Gasteiger partial charge in [0.1, 0.15) is 22.8 Å². The fourth-order valence-corrected chi connectivity index (χ4v) is 2.44. The van der Waals surface area contributed by atoms with Crippen molar-refractivity contribution in [3.63, 3.8) is 0 Å². The summed E-state index contributed by atoms with van der Waals surface area (Å²) in [5, 5.41) is 9.04. The number of ether oxygens (including phenoxy) is 1. The highest BCUT2D eigenvalue weighted by Crippen LogP contribution is 2.20. The maximum absolute atomic E-state index is 12.4. The Kier molecular flexibility index (Phi) is 5.28. The number of aryl methyl sites for hydroxylation is 2. The summed E-state index contributed by atoms with van der Waals surface area (Å²) in [5.41, 5.74) is 1.99. The van der Waals surface area contributed by atoms with E-state index >= 15 is 0 Å². The van der Waals surface area contributed by atoms with Gasteiger partial charge in [0.15, 0.2) is 0 Å². The van der Waals surface area contributed by atoms with Crippen molar-refractivity contribution in [1.29, 1.82) is 0 Å². The molecule has 24 heavy (non-hydrogen) atoms. The molecular formula is C18H21NO5. The number of carbonyl (C=O) groups is 2. The molecule has 2 rings (SSSR count). The predicted molar refractivity (Wildman–Crippen MR) is 88.3 cm³/mol. The average Bonchev–Trinajstić information content (AvgIpc) is 2.89. The molecule has 0 fully saturated rings. The van der Waals surface area contributed by atoms with Gasteiger partial charge in [0.05, 0.1) is 20.1 Å². The number of amides is 1. The van der Waals surface area contributed by atoms with Gasteiger partial charge in [0.2, 0.25) is 5.91 Å². The summed E-state index contributed by atoms with van der Waals surface area (Å²) in [4.78, 5) is 24.9. The van der Waals surface area contributed by atoms with E-state index in [0.29, 0.717) is 11.5 Å². The van der Waals surface area contributed by atoms with E-state index in [1.54, 1.807) is 21.1 Å². The van der Waals surface area contributed by atoms with Crippen LogP contribution in [0.4, 0.5) is 0 Å². The molecule has 0 aliphatic carbocycles. The molecule has 2 aromatic rings. The number of likely N-dealkylation sites (N-methyl/N-ethyl adjacent to an activating group) is 1. The van der Waals surface area contributed by atoms with E-state index in [-0.39, 0.29) is 24.4 Å². The second-order valence-electron chi connectivity index (χ2n) is 5.72. The number of carboxylic acids is 1. The fraction of sp³-hybridized carbons (Fsp3) is 0.333.